The van der Waals surface area contributed by atoms with Gasteiger partial charge in [0.25, 0.3) is 5.91 Å². The quantitative estimate of drug-likeness (QED) is 0.478. The molecule has 1 aliphatic heterocycles. The summed E-state index contributed by atoms with van der Waals surface area (Å²) >= 11 is 0. The number of aliphatic hydroxyl groups excluding tert-OH is 1. The molecule has 0 radical (unpaired) electrons. The second kappa shape index (κ2) is 9.75. The van der Waals surface area contributed by atoms with Gasteiger partial charge in [0.15, 0.2) is 5.69 Å². The van der Waals surface area contributed by atoms with Gasteiger partial charge in [0.05, 0.1) is 36.7 Å². The van der Waals surface area contributed by atoms with E-state index in [1.165, 1.54) is 30.3 Å². The molecule has 1 fully saturated rings. The van der Waals surface area contributed by atoms with Crippen molar-refractivity contribution in [3.05, 3.63) is 59.2 Å². The Balaban J connectivity index is 1.68. The third-order valence-corrected chi connectivity index (χ3v) is 6.79. The highest BCUT2D eigenvalue weighted by atomic mass is 19.4. The van der Waals surface area contributed by atoms with E-state index < -0.39 is 36.3 Å². The molecule has 3 aromatic rings. The monoisotopic (exact) mass is 529 g/mol. The van der Waals surface area contributed by atoms with Crippen molar-refractivity contribution in [2.75, 3.05) is 19.0 Å². The van der Waals surface area contributed by atoms with Gasteiger partial charge in [-0.2, -0.15) is 18.3 Å². The van der Waals surface area contributed by atoms with Crippen LogP contribution in [0.2, 0.25) is 0 Å². The minimum Gasteiger partial charge on any atom is -0.497 e. The summed E-state index contributed by atoms with van der Waals surface area (Å²) in [5.41, 5.74) is -0.750. The van der Waals surface area contributed by atoms with Gasteiger partial charge in [-0.25, -0.2) is 0 Å². The van der Waals surface area contributed by atoms with E-state index in [0.717, 1.165) is 17.5 Å². The minimum absolute atomic E-state index is 0.0108. The van der Waals surface area contributed by atoms with Gasteiger partial charge in [0.1, 0.15) is 12.3 Å². The van der Waals surface area contributed by atoms with Gasteiger partial charge in [-0.15, -0.1) is 0 Å². The number of fused-ring (bicyclic) bond motifs is 1. The van der Waals surface area contributed by atoms with Gasteiger partial charge < -0.3 is 20.1 Å². The van der Waals surface area contributed by atoms with Crippen LogP contribution in [-0.4, -0.2) is 50.2 Å². The zero-order valence-electron chi connectivity index (χ0n) is 20.7. The van der Waals surface area contributed by atoms with Crippen LogP contribution in [0.15, 0.2) is 36.7 Å². The molecule has 2 aromatic heterocycles. The normalized spacial score (nSPS) is 16.6. The number of ether oxygens (including phenoxy) is 1. The fraction of sp³-hybridized carbons (Fsp3) is 0.385. The molecule has 38 heavy (non-hydrogen) atoms. The average Bonchev–Trinajstić information content (AvgIpc) is 3.64. The molecule has 0 unspecified atom stereocenters. The second-order valence-electron chi connectivity index (χ2n) is 9.35. The van der Waals surface area contributed by atoms with Crippen molar-refractivity contribution in [2.45, 2.75) is 45.1 Å². The molecule has 3 heterocycles. The van der Waals surface area contributed by atoms with E-state index in [0.29, 0.717) is 11.4 Å². The molecule has 1 atom stereocenters. The predicted octanol–water partition coefficient (Wildman–Crippen LogP) is 4.03. The SMILES string of the molecule is CCn1cc(-c2cc(CO)cc3c2NC(=O)CN([C@H](c2cc(OC)ccn2)C2CC2)C3=O)c(C(F)(F)F)n1. The minimum atomic E-state index is -4.78. The van der Waals surface area contributed by atoms with Crippen molar-refractivity contribution in [1.29, 1.82) is 0 Å². The number of hydrogen-bond acceptors (Lipinski definition) is 6. The van der Waals surface area contributed by atoms with E-state index in [9.17, 15) is 27.9 Å². The van der Waals surface area contributed by atoms with Gasteiger partial charge in [-0.1, -0.05) is 0 Å². The fourth-order valence-corrected chi connectivity index (χ4v) is 4.87. The molecular formula is C26H26F3N5O4. The number of carbonyl (C=O) groups excluding carboxylic acids is 2. The number of nitrogens with one attached hydrogen (secondary N) is 1. The number of carbonyl (C=O) groups is 2. The predicted molar refractivity (Wildman–Crippen MR) is 130 cm³/mol. The first-order valence-corrected chi connectivity index (χ1v) is 12.2. The number of alkyl halides is 3. The number of methoxy groups -OCH3 is 1. The number of amides is 2. The average molecular weight is 530 g/mol. The van der Waals surface area contributed by atoms with Crippen molar-refractivity contribution < 1.29 is 32.6 Å². The van der Waals surface area contributed by atoms with Crippen LogP contribution in [0, 0.1) is 5.92 Å². The Morgan fingerprint density at radius 2 is 1.92 bits per heavy atom. The zero-order chi connectivity index (χ0) is 27.2. The van der Waals surface area contributed by atoms with Gasteiger partial charge >= 0.3 is 6.18 Å². The third kappa shape index (κ3) is 4.71. The smallest absolute Gasteiger partial charge is 0.435 e. The van der Waals surface area contributed by atoms with E-state index >= 15 is 0 Å². The van der Waals surface area contributed by atoms with Crippen LogP contribution in [-0.2, 0) is 24.1 Å². The number of benzene rings is 1. The molecule has 1 saturated carbocycles. The van der Waals surface area contributed by atoms with Crippen LogP contribution in [0.3, 0.4) is 0 Å². The van der Waals surface area contributed by atoms with Crippen LogP contribution in [0.25, 0.3) is 11.1 Å². The molecule has 1 aromatic carbocycles. The number of nitrogens with zero attached hydrogens (tertiary/aromatic N) is 4. The first kappa shape index (κ1) is 25.7. The number of anilines is 1. The van der Waals surface area contributed by atoms with Crippen LogP contribution in [0.5, 0.6) is 5.75 Å². The summed E-state index contributed by atoms with van der Waals surface area (Å²) in [5.74, 6) is -0.494. The molecule has 1 aliphatic carbocycles. The summed E-state index contributed by atoms with van der Waals surface area (Å²) in [4.78, 5) is 33.0. The highest BCUT2D eigenvalue weighted by Crippen LogP contribution is 2.47. The van der Waals surface area contributed by atoms with Crippen molar-refractivity contribution in [3.8, 4) is 16.9 Å². The molecule has 2 aliphatic rings. The maximum atomic E-state index is 14.0. The van der Waals surface area contributed by atoms with Crippen molar-refractivity contribution in [2.24, 2.45) is 5.92 Å². The highest BCUT2D eigenvalue weighted by molar-refractivity contribution is 6.12. The summed E-state index contributed by atoms with van der Waals surface area (Å²) in [6, 6.07) is 5.60. The Bertz CT molecular complexity index is 1400. The van der Waals surface area contributed by atoms with Crippen LogP contribution in [0.1, 0.15) is 53.1 Å². The lowest BCUT2D eigenvalue weighted by atomic mass is 9.95. The van der Waals surface area contributed by atoms with Crippen LogP contribution in [0.4, 0.5) is 18.9 Å². The van der Waals surface area contributed by atoms with Gasteiger partial charge in [-0.3, -0.25) is 19.3 Å². The summed E-state index contributed by atoms with van der Waals surface area (Å²) in [6.45, 7) is 0.992. The van der Waals surface area contributed by atoms with E-state index in [2.05, 4.69) is 15.4 Å². The van der Waals surface area contributed by atoms with E-state index in [1.807, 2.05) is 0 Å². The Morgan fingerprint density at radius 1 is 1.18 bits per heavy atom. The first-order valence-electron chi connectivity index (χ1n) is 12.2. The van der Waals surface area contributed by atoms with Crippen LogP contribution >= 0.6 is 0 Å². The molecule has 12 heteroatoms. The standard InChI is InChI=1S/C26H26F3N5O4/c1-3-33-11-19(24(32-33)26(27,28)29)17-8-14(13-35)9-18-22(17)31-21(36)12-34(25(18)37)23(15-4-5-15)20-10-16(38-2)6-7-30-20/h6-11,15,23,35H,3-5,12-13H2,1-2H3,(H,31,36)/t23-/m0/s1. The number of aliphatic hydroxyl groups is 1. The number of pyridine rings is 1. The van der Waals surface area contributed by atoms with Crippen molar-refractivity contribution >= 4 is 17.5 Å². The highest BCUT2D eigenvalue weighted by Gasteiger charge is 2.43. The number of rotatable bonds is 7. The maximum absolute atomic E-state index is 14.0. The number of halogens is 3. The molecule has 5 rings (SSSR count). The molecule has 0 saturated heterocycles. The van der Waals surface area contributed by atoms with E-state index in [1.54, 1.807) is 25.3 Å². The number of hydrogen-bond donors (Lipinski definition) is 2. The second-order valence-corrected chi connectivity index (χ2v) is 9.35. The Hall–Kier alpha value is -3.93. The zero-order valence-corrected chi connectivity index (χ0v) is 20.7. The van der Waals surface area contributed by atoms with Crippen molar-refractivity contribution in [1.82, 2.24) is 19.7 Å². The molecule has 9 nitrogen and oxygen atoms in total. The molecule has 2 amide bonds. The third-order valence-electron chi connectivity index (χ3n) is 6.79. The maximum Gasteiger partial charge on any atom is 0.435 e. The number of aryl methyl sites for hydroxylation is 1. The summed E-state index contributed by atoms with van der Waals surface area (Å²) in [6.07, 6.45) is -0.334. The lowest BCUT2D eigenvalue weighted by Crippen LogP contribution is -2.39. The molecule has 2 N–H and O–H groups in total. The Labute approximate surface area is 216 Å². The summed E-state index contributed by atoms with van der Waals surface area (Å²) in [5, 5.41) is 16.3. The summed E-state index contributed by atoms with van der Waals surface area (Å²) in [7, 11) is 1.51. The number of aromatic nitrogens is 3. The lowest BCUT2D eigenvalue weighted by Gasteiger charge is -2.30. The first-order chi connectivity index (χ1) is 18.1. The lowest BCUT2D eigenvalue weighted by molar-refractivity contribution is -0.141. The van der Waals surface area contributed by atoms with Gasteiger partial charge in [-0.05, 0) is 49.4 Å². The van der Waals surface area contributed by atoms with Gasteiger partial charge in [0, 0.05) is 36.1 Å². The molecule has 0 spiro atoms. The molecular weight excluding hydrogens is 503 g/mol. The van der Waals surface area contributed by atoms with Crippen molar-refractivity contribution in [3.63, 3.8) is 0 Å². The molecule has 0 bridgehead atoms. The van der Waals surface area contributed by atoms with E-state index in [4.69, 9.17) is 4.74 Å². The molecule has 200 valence electrons. The summed E-state index contributed by atoms with van der Waals surface area (Å²) < 4.78 is 48.3. The largest absolute Gasteiger partial charge is 0.497 e. The van der Waals surface area contributed by atoms with Crippen LogP contribution < -0.4 is 10.1 Å². The fourth-order valence-electron chi connectivity index (χ4n) is 4.87. The van der Waals surface area contributed by atoms with Gasteiger partial charge in [0.2, 0.25) is 5.91 Å². The Morgan fingerprint density at radius 3 is 2.55 bits per heavy atom. The van der Waals surface area contributed by atoms with E-state index in [-0.39, 0.29) is 46.9 Å². The Kier molecular flexibility index (Phi) is 6.59. The topological polar surface area (TPSA) is 110 Å².